The number of rotatable bonds is 5. The van der Waals surface area contributed by atoms with E-state index in [2.05, 4.69) is 10.2 Å². The monoisotopic (exact) mass is 446 g/mol. The third-order valence-corrected chi connectivity index (χ3v) is 5.51. The molecule has 7 heteroatoms. The summed E-state index contributed by atoms with van der Waals surface area (Å²) >= 11 is 0. The van der Waals surface area contributed by atoms with Gasteiger partial charge in [0.1, 0.15) is 5.60 Å². The van der Waals surface area contributed by atoms with Crippen molar-refractivity contribution in [2.45, 2.75) is 52.4 Å². The lowest BCUT2D eigenvalue weighted by Gasteiger charge is -2.30. The van der Waals surface area contributed by atoms with Crippen LogP contribution in [0.25, 0.3) is 0 Å². The van der Waals surface area contributed by atoms with Gasteiger partial charge >= 0.3 is 6.09 Å². The number of hydrogen-bond acceptors (Lipinski definition) is 4. The SMILES string of the molecule is CC(C)(C)OC(=O)N1CCc2[nH]nc(C(=O)N(Cc3ccccc3)Cc3ccccc3)c2C1. The predicted octanol–water partition coefficient (Wildman–Crippen LogP) is 4.55. The minimum atomic E-state index is -0.575. The number of ether oxygens (including phenoxy) is 1. The summed E-state index contributed by atoms with van der Waals surface area (Å²) < 4.78 is 5.54. The Labute approximate surface area is 194 Å². The molecule has 7 nitrogen and oxygen atoms in total. The molecule has 1 aliphatic heterocycles. The average molecular weight is 447 g/mol. The Bertz CT molecular complexity index is 1060. The number of benzene rings is 2. The van der Waals surface area contributed by atoms with Gasteiger partial charge in [0, 0.05) is 37.3 Å². The number of fused-ring (bicyclic) bond motifs is 1. The van der Waals surface area contributed by atoms with Crippen LogP contribution in [0.2, 0.25) is 0 Å². The Kier molecular flexibility index (Phi) is 6.49. The van der Waals surface area contributed by atoms with Gasteiger partial charge in [0.25, 0.3) is 5.91 Å². The van der Waals surface area contributed by atoms with E-state index in [1.165, 1.54) is 0 Å². The molecule has 0 bridgehead atoms. The van der Waals surface area contributed by atoms with Gasteiger partial charge in [0.15, 0.2) is 5.69 Å². The van der Waals surface area contributed by atoms with E-state index < -0.39 is 5.60 Å². The number of carbonyl (C=O) groups excluding carboxylic acids is 2. The smallest absolute Gasteiger partial charge is 0.410 e. The first kappa shape index (κ1) is 22.6. The molecule has 0 unspecified atom stereocenters. The van der Waals surface area contributed by atoms with Gasteiger partial charge in [-0.15, -0.1) is 0 Å². The summed E-state index contributed by atoms with van der Waals surface area (Å²) in [7, 11) is 0. The van der Waals surface area contributed by atoms with Gasteiger partial charge in [-0.1, -0.05) is 60.7 Å². The van der Waals surface area contributed by atoms with Gasteiger partial charge < -0.3 is 14.5 Å². The lowest BCUT2D eigenvalue weighted by Crippen LogP contribution is -2.40. The van der Waals surface area contributed by atoms with E-state index in [1.807, 2.05) is 81.4 Å². The van der Waals surface area contributed by atoms with Crippen LogP contribution >= 0.6 is 0 Å². The van der Waals surface area contributed by atoms with Gasteiger partial charge in [-0.2, -0.15) is 5.10 Å². The first-order chi connectivity index (χ1) is 15.8. The van der Waals surface area contributed by atoms with Crippen molar-refractivity contribution in [3.63, 3.8) is 0 Å². The summed E-state index contributed by atoms with van der Waals surface area (Å²) in [6, 6.07) is 19.8. The van der Waals surface area contributed by atoms with Crippen molar-refractivity contribution in [1.29, 1.82) is 0 Å². The topological polar surface area (TPSA) is 78.5 Å². The molecule has 0 atom stereocenters. The molecule has 1 N–H and O–H groups in total. The highest BCUT2D eigenvalue weighted by molar-refractivity contribution is 5.94. The second kappa shape index (κ2) is 9.48. The Morgan fingerprint density at radius 3 is 2.12 bits per heavy atom. The first-order valence-electron chi connectivity index (χ1n) is 11.2. The van der Waals surface area contributed by atoms with Gasteiger partial charge in [-0.05, 0) is 31.9 Å². The fourth-order valence-electron chi connectivity index (χ4n) is 3.91. The highest BCUT2D eigenvalue weighted by atomic mass is 16.6. The lowest BCUT2D eigenvalue weighted by atomic mass is 10.0. The highest BCUT2D eigenvalue weighted by Gasteiger charge is 2.32. The summed E-state index contributed by atoms with van der Waals surface area (Å²) in [5.41, 5.74) is 3.54. The summed E-state index contributed by atoms with van der Waals surface area (Å²) in [6.07, 6.45) is 0.227. The highest BCUT2D eigenvalue weighted by Crippen LogP contribution is 2.24. The predicted molar refractivity (Wildman–Crippen MR) is 125 cm³/mol. The molecule has 0 fully saturated rings. The third kappa shape index (κ3) is 5.61. The van der Waals surface area contributed by atoms with Crippen molar-refractivity contribution in [2.75, 3.05) is 6.54 Å². The fraction of sp³-hybridized carbons (Fsp3) is 0.346. The summed E-state index contributed by atoms with van der Waals surface area (Å²) in [5, 5.41) is 7.40. The molecule has 1 aromatic heterocycles. The van der Waals surface area contributed by atoms with E-state index in [-0.39, 0.29) is 12.0 Å². The van der Waals surface area contributed by atoms with Crippen LogP contribution in [-0.2, 0) is 30.8 Å². The van der Waals surface area contributed by atoms with E-state index in [4.69, 9.17) is 4.74 Å². The van der Waals surface area contributed by atoms with Crippen LogP contribution in [0.3, 0.4) is 0 Å². The van der Waals surface area contributed by atoms with Crippen LogP contribution in [0.15, 0.2) is 60.7 Å². The molecule has 33 heavy (non-hydrogen) atoms. The van der Waals surface area contributed by atoms with Crippen LogP contribution < -0.4 is 0 Å². The summed E-state index contributed by atoms with van der Waals surface area (Å²) in [4.78, 5) is 29.8. The minimum absolute atomic E-state index is 0.161. The van der Waals surface area contributed by atoms with E-state index in [0.29, 0.717) is 38.3 Å². The van der Waals surface area contributed by atoms with Crippen molar-refractivity contribution >= 4 is 12.0 Å². The van der Waals surface area contributed by atoms with Crippen LogP contribution in [0.4, 0.5) is 4.79 Å². The quantitative estimate of drug-likeness (QED) is 0.624. The number of aromatic nitrogens is 2. The molecule has 3 aromatic rings. The molecular formula is C26H30N4O3. The van der Waals surface area contributed by atoms with Crippen LogP contribution in [0.5, 0.6) is 0 Å². The van der Waals surface area contributed by atoms with E-state index in [9.17, 15) is 9.59 Å². The number of carbonyl (C=O) groups is 2. The molecule has 2 aromatic carbocycles. The Balaban J connectivity index is 1.58. The normalized spacial score (nSPS) is 13.4. The minimum Gasteiger partial charge on any atom is -0.444 e. The van der Waals surface area contributed by atoms with Crippen molar-refractivity contribution in [2.24, 2.45) is 0 Å². The van der Waals surface area contributed by atoms with Gasteiger partial charge in [0.2, 0.25) is 0 Å². The largest absolute Gasteiger partial charge is 0.444 e. The van der Waals surface area contributed by atoms with Crippen LogP contribution in [-0.4, -0.2) is 44.1 Å². The van der Waals surface area contributed by atoms with Crippen molar-refractivity contribution in [1.82, 2.24) is 20.0 Å². The molecule has 2 heterocycles. The maximum atomic E-state index is 13.7. The molecule has 0 saturated heterocycles. The summed E-state index contributed by atoms with van der Waals surface area (Å²) in [6.45, 7) is 7.29. The zero-order chi connectivity index (χ0) is 23.4. The lowest BCUT2D eigenvalue weighted by molar-refractivity contribution is 0.0222. The number of H-pyrrole nitrogens is 1. The zero-order valence-electron chi connectivity index (χ0n) is 19.4. The van der Waals surface area contributed by atoms with E-state index >= 15 is 0 Å². The van der Waals surface area contributed by atoms with Gasteiger partial charge in [0.05, 0.1) is 6.54 Å². The second-order valence-electron chi connectivity index (χ2n) is 9.31. The number of aromatic amines is 1. The first-order valence-corrected chi connectivity index (χ1v) is 11.2. The van der Waals surface area contributed by atoms with E-state index in [1.54, 1.807) is 9.80 Å². The van der Waals surface area contributed by atoms with Gasteiger partial charge in [-0.3, -0.25) is 9.89 Å². The van der Waals surface area contributed by atoms with Crippen LogP contribution in [0, 0.1) is 0 Å². The van der Waals surface area contributed by atoms with Crippen molar-refractivity contribution < 1.29 is 14.3 Å². The molecule has 0 spiro atoms. The molecular weight excluding hydrogens is 416 g/mol. The number of nitrogens with zero attached hydrogens (tertiary/aromatic N) is 3. The summed E-state index contributed by atoms with van der Waals surface area (Å²) in [5.74, 6) is -0.161. The average Bonchev–Trinajstić information content (AvgIpc) is 3.22. The van der Waals surface area contributed by atoms with Crippen molar-refractivity contribution in [3.8, 4) is 0 Å². The molecule has 4 rings (SSSR count). The molecule has 0 saturated carbocycles. The maximum Gasteiger partial charge on any atom is 0.410 e. The molecule has 2 amide bonds. The van der Waals surface area contributed by atoms with Crippen molar-refractivity contribution in [3.05, 3.63) is 88.7 Å². The maximum absolute atomic E-state index is 13.7. The number of nitrogens with one attached hydrogen (secondary N) is 1. The molecule has 172 valence electrons. The molecule has 1 aliphatic rings. The Hall–Kier alpha value is -3.61. The van der Waals surface area contributed by atoms with E-state index in [0.717, 1.165) is 22.4 Å². The second-order valence-corrected chi connectivity index (χ2v) is 9.31. The van der Waals surface area contributed by atoms with Crippen LogP contribution in [0.1, 0.15) is 53.6 Å². The number of amides is 2. The molecule has 0 aliphatic carbocycles. The molecule has 0 radical (unpaired) electrons. The zero-order valence-corrected chi connectivity index (χ0v) is 19.4. The standard InChI is InChI=1S/C26H30N4O3/c1-26(2,3)33-25(32)29-15-14-22-21(18-29)23(28-27-22)24(31)30(16-19-10-6-4-7-11-19)17-20-12-8-5-9-13-20/h4-13H,14-18H2,1-3H3,(H,27,28). The number of hydrogen-bond donors (Lipinski definition) is 1. The van der Waals surface area contributed by atoms with Gasteiger partial charge in [-0.25, -0.2) is 4.79 Å². The Morgan fingerprint density at radius 2 is 1.58 bits per heavy atom. The Morgan fingerprint density at radius 1 is 1.00 bits per heavy atom. The fourth-order valence-corrected chi connectivity index (χ4v) is 3.91. The third-order valence-electron chi connectivity index (χ3n) is 5.51.